The van der Waals surface area contributed by atoms with Gasteiger partial charge in [0.1, 0.15) is 10.0 Å². The van der Waals surface area contributed by atoms with E-state index in [1.54, 1.807) is 10.7 Å². The van der Waals surface area contributed by atoms with Gasteiger partial charge in [0.05, 0.1) is 11.7 Å². The molecule has 0 aliphatic heterocycles. The largest absolute Gasteiger partial charge is 0.346 e. The molecule has 25 heavy (non-hydrogen) atoms. The Kier molecular flexibility index (Phi) is 4.45. The van der Waals surface area contributed by atoms with Gasteiger partial charge in [-0.25, -0.2) is 9.50 Å². The molecular weight excluding hydrogens is 358 g/mol. The summed E-state index contributed by atoms with van der Waals surface area (Å²) in [5, 5.41) is 7.67. The third-order valence-corrected chi connectivity index (χ3v) is 5.85. The SMILES string of the molecule is N[C@H]1CCCC[C@@H]1NC(=O)c1nc(-c2cnn3ccccc23)c(Cl)s1. The molecule has 1 amide bonds. The first-order chi connectivity index (χ1) is 12.1. The first kappa shape index (κ1) is 16.5. The maximum Gasteiger partial charge on any atom is 0.280 e. The van der Waals surface area contributed by atoms with E-state index in [1.807, 2.05) is 24.4 Å². The summed E-state index contributed by atoms with van der Waals surface area (Å²) in [5.41, 5.74) is 8.41. The Balaban J connectivity index is 1.60. The monoisotopic (exact) mass is 375 g/mol. The zero-order chi connectivity index (χ0) is 17.4. The van der Waals surface area contributed by atoms with Crippen LogP contribution in [0.25, 0.3) is 16.8 Å². The molecule has 0 bridgehead atoms. The van der Waals surface area contributed by atoms with E-state index in [9.17, 15) is 4.79 Å². The molecule has 8 heteroatoms. The standard InChI is InChI=1S/C17H18ClN5OS/c18-15-14(10-9-20-23-8-4-3-7-13(10)23)22-17(25-15)16(24)21-12-6-2-1-5-11(12)19/h3-4,7-9,11-12H,1-2,5-6,19H2,(H,21,24)/t11-,12-/m0/s1. The summed E-state index contributed by atoms with van der Waals surface area (Å²) in [6.45, 7) is 0. The van der Waals surface area contributed by atoms with Gasteiger partial charge in [0.25, 0.3) is 5.91 Å². The molecule has 3 aromatic heterocycles. The first-order valence-electron chi connectivity index (χ1n) is 8.29. The molecule has 0 unspecified atom stereocenters. The summed E-state index contributed by atoms with van der Waals surface area (Å²) in [4.78, 5) is 17.0. The number of carbonyl (C=O) groups is 1. The van der Waals surface area contributed by atoms with Gasteiger partial charge in [-0.3, -0.25) is 4.79 Å². The molecule has 2 atom stereocenters. The van der Waals surface area contributed by atoms with Crippen molar-refractivity contribution in [2.24, 2.45) is 5.73 Å². The molecule has 0 saturated heterocycles. The van der Waals surface area contributed by atoms with Crippen LogP contribution in [-0.4, -0.2) is 32.6 Å². The second kappa shape index (κ2) is 6.74. The molecule has 1 fully saturated rings. The Morgan fingerprint density at radius 1 is 1.36 bits per heavy atom. The average molecular weight is 376 g/mol. The number of carbonyl (C=O) groups excluding carboxylic acids is 1. The van der Waals surface area contributed by atoms with Crippen molar-refractivity contribution < 1.29 is 4.79 Å². The van der Waals surface area contributed by atoms with Crippen molar-refractivity contribution >= 4 is 34.4 Å². The van der Waals surface area contributed by atoms with E-state index in [0.717, 1.165) is 36.8 Å². The van der Waals surface area contributed by atoms with E-state index in [2.05, 4.69) is 15.4 Å². The number of hydrogen-bond acceptors (Lipinski definition) is 5. The number of halogens is 1. The molecule has 130 valence electrons. The predicted octanol–water partition coefficient (Wildman–Crippen LogP) is 3.11. The summed E-state index contributed by atoms with van der Waals surface area (Å²) in [7, 11) is 0. The fraction of sp³-hybridized carbons (Fsp3) is 0.353. The van der Waals surface area contributed by atoms with Crippen LogP contribution in [0.4, 0.5) is 0 Å². The third-order valence-electron chi connectivity index (χ3n) is 4.60. The molecule has 6 nitrogen and oxygen atoms in total. The third kappa shape index (κ3) is 3.15. The number of nitrogens with two attached hydrogens (primary N) is 1. The number of amides is 1. The van der Waals surface area contributed by atoms with Crippen molar-refractivity contribution in [1.29, 1.82) is 0 Å². The highest BCUT2D eigenvalue weighted by atomic mass is 35.5. The van der Waals surface area contributed by atoms with Crippen LogP contribution in [-0.2, 0) is 0 Å². The van der Waals surface area contributed by atoms with E-state index < -0.39 is 0 Å². The van der Waals surface area contributed by atoms with Crippen LogP contribution in [0.15, 0.2) is 30.6 Å². The lowest BCUT2D eigenvalue weighted by Crippen LogP contribution is -2.49. The molecule has 0 radical (unpaired) electrons. The highest BCUT2D eigenvalue weighted by Gasteiger charge is 2.26. The number of thiazole rings is 1. The molecule has 1 saturated carbocycles. The van der Waals surface area contributed by atoms with Crippen molar-refractivity contribution in [3.63, 3.8) is 0 Å². The van der Waals surface area contributed by atoms with Gasteiger partial charge >= 0.3 is 0 Å². The summed E-state index contributed by atoms with van der Waals surface area (Å²) in [6, 6.07) is 5.78. The van der Waals surface area contributed by atoms with Gasteiger partial charge < -0.3 is 11.1 Å². The number of hydrogen-bond donors (Lipinski definition) is 2. The predicted molar refractivity (Wildman–Crippen MR) is 99.0 cm³/mol. The number of aromatic nitrogens is 3. The van der Waals surface area contributed by atoms with Crippen LogP contribution < -0.4 is 11.1 Å². The van der Waals surface area contributed by atoms with Crippen LogP contribution in [0.5, 0.6) is 0 Å². The van der Waals surface area contributed by atoms with Gasteiger partial charge in [0, 0.05) is 23.8 Å². The maximum absolute atomic E-state index is 12.6. The summed E-state index contributed by atoms with van der Waals surface area (Å²) in [5.74, 6) is -0.211. The Morgan fingerprint density at radius 3 is 3.04 bits per heavy atom. The number of pyridine rings is 1. The van der Waals surface area contributed by atoms with Crippen molar-refractivity contribution in [2.75, 3.05) is 0 Å². The first-order valence-corrected chi connectivity index (χ1v) is 9.48. The smallest absolute Gasteiger partial charge is 0.280 e. The molecular formula is C17H18ClN5OS. The lowest BCUT2D eigenvalue weighted by Gasteiger charge is -2.28. The quantitative estimate of drug-likeness (QED) is 0.736. The topological polar surface area (TPSA) is 85.3 Å². The van der Waals surface area contributed by atoms with Crippen molar-refractivity contribution in [1.82, 2.24) is 19.9 Å². The normalized spacial score (nSPS) is 20.7. The minimum Gasteiger partial charge on any atom is -0.346 e. The Hall–Kier alpha value is -1.96. The molecule has 3 heterocycles. The number of rotatable bonds is 3. The van der Waals surface area contributed by atoms with E-state index in [0.29, 0.717) is 15.0 Å². The van der Waals surface area contributed by atoms with Crippen molar-refractivity contribution in [3.8, 4) is 11.3 Å². The van der Waals surface area contributed by atoms with Gasteiger partial charge in [0.15, 0.2) is 5.01 Å². The highest BCUT2D eigenvalue weighted by molar-refractivity contribution is 7.18. The molecule has 3 aromatic rings. The van der Waals surface area contributed by atoms with Crippen LogP contribution in [0.2, 0.25) is 4.34 Å². The maximum atomic E-state index is 12.6. The van der Waals surface area contributed by atoms with Crippen molar-refractivity contribution in [3.05, 3.63) is 39.9 Å². The Bertz CT molecular complexity index is 921. The van der Waals surface area contributed by atoms with Crippen LogP contribution in [0, 0.1) is 0 Å². The minimum atomic E-state index is -0.211. The van der Waals surface area contributed by atoms with Gasteiger partial charge in [-0.2, -0.15) is 5.10 Å². The van der Waals surface area contributed by atoms with E-state index in [-0.39, 0.29) is 18.0 Å². The van der Waals surface area contributed by atoms with Gasteiger partial charge in [-0.15, -0.1) is 0 Å². The van der Waals surface area contributed by atoms with Gasteiger partial charge in [0.2, 0.25) is 0 Å². The number of nitrogens with zero attached hydrogens (tertiary/aromatic N) is 3. The summed E-state index contributed by atoms with van der Waals surface area (Å²) >= 11 is 7.55. The average Bonchev–Trinajstić information content (AvgIpc) is 3.20. The van der Waals surface area contributed by atoms with Crippen LogP contribution >= 0.6 is 22.9 Å². The molecule has 4 rings (SSSR count). The molecule has 0 aromatic carbocycles. The van der Waals surface area contributed by atoms with Gasteiger partial charge in [-0.1, -0.05) is 41.8 Å². The molecule has 1 aliphatic rings. The second-order valence-electron chi connectivity index (χ2n) is 6.26. The van der Waals surface area contributed by atoms with Gasteiger partial charge in [-0.05, 0) is 25.0 Å². The summed E-state index contributed by atoms with van der Waals surface area (Å²) in [6.07, 6.45) is 7.64. The van der Waals surface area contributed by atoms with E-state index in [4.69, 9.17) is 17.3 Å². The summed E-state index contributed by atoms with van der Waals surface area (Å²) < 4.78 is 2.24. The Morgan fingerprint density at radius 2 is 2.20 bits per heavy atom. The van der Waals surface area contributed by atoms with Crippen LogP contribution in [0.3, 0.4) is 0 Å². The lowest BCUT2D eigenvalue weighted by molar-refractivity contribution is 0.0921. The van der Waals surface area contributed by atoms with Crippen molar-refractivity contribution in [2.45, 2.75) is 37.8 Å². The minimum absolute atomic E-state index is 0.00403. The molecule has 0 spiro atoms. The number of nitrogens with one attached hydrogen (secondary N) is 1. The molecule has 3 N–H and O–H groups in total. The Labute approximate surface area is 154 Å². The lowest BCUT2D eigenvalue weighted by atomic mass is 9.91. The van der Waals surface area contributed by atoms with Crippen LogP contribution in [0.1, 0.15) is 35.5 Å². The fourth-order valence-corrected chi connectivity index (χ4v) is 4.32. The zero-order valence-electron chi connectivity index (χ0n) is 13.5. The highest BCUT2D eigenvalue weighted by Crippen LogP contribution is 2.34. The number of fused-ring (bicyclic) bond motifs is 1. The fourth-order valence-electron chi connectivity index (χ4n) is 3.25. The van der Waals surface area contributed by atoms with E-state index in [1.165, 1.54) is 11.3 Å². The van der Waals surface area contributed by atoms with E-state index >= 15 is 0 Å². The molecule has 1 aliphatic carbocycles. The second-order valence-corrected chi connectivity index (χ2v) is 7.86. The zero-order valence-corrected chi connectivity index (χ0v) is 15.1.